The fourth-order valence-electron chi connectivity index (χ4n) is 2.56. The minimum absolute atomic E-state index is 0.0268. The number of anilines is 1. The Labute approximate surface area is 187 Å². The van der Waals surface area contributed by atoms with E-state index in [1.165, 1.54) is 51.2 Å². The number of aromatic amines is 1. The Morgan fingerprint density at radius 3 is 2.67 bits per heavy atom. The molecule has 0 aliphatic heterocycles. The van der Waals surface area contributed by atoms with Gasteiger partial charge in [-0.2, -0.15) is 0 Å². The van der Waals surface area contributed by atoms with Crippen LogP contribution in [0.4, 0.5) is 5.69 Å². The molecule has 0 fully saturated rings. The fraction of sp³-hybridized carbons (Fsp3) is 0.222. The number of thioether (sulfide) groups is 1. The number of aromatic nitrogens is 2. The first-order valence-corrected chi connectivity index (χ1v) is 11.7. The van der Waals surface area contributed by atoms with Gasteiger partial charge in [0.25, 0.3) is 0 Å². The summed E-state index contributed by atoms with van der Waals surface area (Å²) in [7, 11) is 0.642. The number of carbonyl (C=O) groups is 1. The second-order valence-electron chi connectivity index (χ2n) is 6.31. The maximum Gasteiger partial charge on any atom is 0.242 e. The number of hydrogen-bond donors (Lipinski definition) is 2. The number of methoxy groups -OCH3 is 1. The van der Waals surface area contributed by atoms with Crippen molar-refractivity contribution in [2.45, 2.75) is 10.1 Å². The number of ether oxygens (including phenoxy) is 1. The molecular weight excluding hydrogens is 471 g/mol. The number of hydrogen-bond acceptors (Lipinski definition) is 6. The van der Waals surface area contributed by atoms with Gasteiger partial charge in [-0.05, 0) is 30.3 Å². The molecule has 2 N–H and O–H groups in total. The largest absolute Gasteiger partial charge is 0.495 e. The highest BCUT2D eigenvalue weighted by Crippen LogP contribution is 2.30. The molecule has 2 aromatic carbocycles. The predicted octanol–water partition coefficient (Wildman–Crippen LogP) is 3.86. The summed E-state index contributed by atoms with van der Waals surface area (Å²) < 4.78 is 31.0. The van der Waals surface area contributed by atoms with Crippen LogP contribution in [0.15, 0.2) is 40.4 Å². The van der Waals surface area contributed by atoms with E-state index in [-0.39, 0.29) is 22.2 Å². The molecule has 3 rings (SSSR count). The van der Waals surface area contributed by atoms with Crippen LogP contribution in [0.3, 0.4) is 0 Å². The van der Waals surface area contributed by atoms with Crippen molar-refractivity contribution in [2.75, 3.05) is 32.3 Å². The summed E-state index contributed by atoms with van der Waals surface area (Å²) >= 11 is 13.3. The van der Waals surface area contributed by atoms with Crippen molar-refractivity contribution in [1.82, 2.24) is 14.3 Å². The van der Waals surface area contributed by atoms with E-state index in [0.29, 0.717) is 32.0 Å². The van der Waals surface area contributed by atoms with Crippen molar-refractivity contribution in [3.63, 3.8) is 0 Å². The van der Waals surface area contributed by atoms with E-state index in [4.69, 9.17) is 27.9 Å². The lowest BCUT2D eigenvalue weighted by atomic mass is 10.3. The zero-order valence-electron chi connectivity index (χ0n) is 16.2. The van der Waals surface area contributed by atoms with Crippen LogP contribution in [-0.4, -0.2) is 55.6 Å². The number of rotatable bonds is 7. The van der Waals surface area contributed by atoms with Gasteiger partial charge in [0.2, 0.25) is 15.9 Å². The van der Waals surface area contributed by atoms with Gasteiger partial charge in [-0.15, -0.1) is 0 Å². The van der Waals surface area contributed by atoms with E-state index < -0.39 is 10.0 Å². The topological polar surface area (TPSA) is 104 Å². The van der Waals surface area contributed by atoms with E-state index in [1.54, 1.807) is 12.1 Å². The molecule has 0 bridgehead atoms. The molecule has 30 heavy (non-hydrogen) atoms. The van der Waals surface area contributed by atoms with Gasteiger partial charge in [-0.1, -0.05) is 35.0 Å². The Balaban J connectivity index is 1.75. The number of benzene rings is 2. The highest BCUT2D eigenvalue weighted by molar-refractivity contribution is 7.99. The van der Waals surface area contributed by atoms with Gasteiger partial charge < -0.3 is 15.0 Å². The zero-order valence-corrected chi connectivity index (χ0v) is 19.3. The molecule has 0 aliphatic rings. The first-order chi connectivity index (χ1) is 14.1. The summed E-state index contributed by atoms with van der Waals surface area (Å²) in [6.45, 7) is 0. The molecule has 160 valence electrons. The lowest BCUT2D eigenvalue weighted by Crippen LogP contribution is -2.22. The minimum Gasteiger partial charge on any atom is -0.495 e. The van der Waals surface area contributed by atoms with Crippen LogP contribution in [0.2, 0.25) is 10.0 Å². The number of sulfonamides is 1. The lowest BCUT2D eigenvalue weighted by molar-refractivity contribution is -0.113. The quantitative estimate of drug-likeness (QED) is 0.489. The molecule has 0 saturated heterocycles. The van der Waals surface area contributed by atoms with Crippen LogP contribution in [0.25, 0.3) is 11.0 Å². The fourth-order valence-corrected chi connectivity index (χ4v) is 4.71. The zero-order chi connectivity index (χ0) is 22.1. The molecule has 0 atom stereocenters. The van der Waals surface area contributed by atoms with Gasteiger partial charge >= 0.3 is 0 Å². The van der Waals surface area contributed by atoms with Crippen molar-refractivity contribution >= 4 is 67.6 Å². The third-order valence-corrected chi connectivity index (χ3v) is 7.24. The summed E-state index contributed by atoms with van der Waals surface area (Å²) in [5, 5.41) is 4.07. The Bertz CT molecular complexity index is 1210. The Kier molecular flexibility index (Phi) is 6.83. The van der Waals surface area contributed by atoms with E-state index in [1.807, 2.05) is 0 Å². The van der Waals surface area contributed by atoms with Crippen LogP contribution in [0.1, 0.15) is 0 Å². The number of imidazole rings is 1. The number of amides is 1. The second kappa shape index (κ2) is 9.03. The maximum atomic E-state index is 12.4. The average molecular weight is 489 g/mol. The van der Waals surface area contributed by atoms with Crippen molar-refractivity contribution in [2.24, 2.45) is 0 Å². The van der Waals surface area contributed by atoms with Crippen molar-refractivity contribution in [3.05, 3.63) is 40.4 Å². The number of fused-ring (bicyclic) bond motifs is 1. The molecule has 0 radical (unpaired) electrons. The molecule has 12 heteroatoms. The van der Waals surface area contributed by atoms with Gasteiger partial charge in [0, 0.05) is 19.1 Å². The monoisotopic (exact) mass is 488 g/mol. The maximum absolute atomic E-state index is 12.4. The first kappa shape index (κ1) is 22.7. The summed E-state index contributed by atoms with van der Waals surface area (Å²) in [6, 6.07) is 7.56. The second-order valence-corrected chi connectivity index (χ2v) is 10.3. The number of nitrogens with zero attached hydrogens (tertiary/aromatic N) is 2. The van der Waals surface area contributed by atoms with Crippen molar-refractivity contribution in [3.8, 4) is 5.75 Å². The summed E-state index contributed by atoms with van der Waals surface area (Å²) in [4.78, 5) is 19.9. The van der Waals surface area contributed by atoms with Gasteiger partial charge in [0.1, 0.15) is 11.3 Å². The molecule has 0 saturated carbocycles. The molecule has 3 aromatic rings. The summed E-state index contributed by atoms with van der Waals surface area (Å²) in [5.41, 5.74) is 1.48. The Morgan fingerprint density at radius 1 is 1.27 bits per heavy atom. The molecule has 1 aromatic heterocycles. The standard InChI is InChI=1S/C18H18Cl2N4O4S2/c1-24(2)30(26,27)11-4-5-15(28-3)13(8-11)21-16(25)9-29-18-22-14-7-10(19)6-12(20)17(14)23-18/h4-8H,9H2,1-3H3,(H,21,25)(H,22,23). The number of H-pyrrole nitrogens is 1. The van der Waals surface area contributed by atoms with E-state index in [2.05, 4.69) is 15.3 Å². The molecule has 0 aliphatic carbocycles. The van der Waals surface area contributed by atoms with Crippen molar-refractivity contribution < 1.29 is 17.9 Å². The normalized spacial score (nSPS) is 11.8. The van der Waals surface area contributed by atoms with Crippen LogP contribution in [0.5, 0.6) is 5.75 Å². The van der Waals surface area contributed by atoms with Crippen LogP contribution < -0.4 is 10.1 Å². The number of halogens is 2. The van der Waals surface area contributed by atoms with Crippen LogP contribution in [0, 0.1) is 0 Å². The average Bonchev–Trinajstić information content (AvgIpc) is 3.09. The lowest BCUT2D eigenvalue weighted by Gasteiger charge is -2.15. The number of nitrogens with one attached hydrogen (secondary N) is 2. The summed E-state index contributed by atoms with van der Waals surface area (Å²) in [5.74, 6) is 0.0115. The smallest absolute Gasteiger partial charge is 0.242 e. The third-order valence-electron chi connectivity index (χ3n) is 4.05. The third kappa shape index (κ3) is 4.84. The predicted molar refractivity (Wildman–Crippen MR) is 119 cm³/mol. The van der Waals surface area contributed by atoms with Crippen LogP contribution in [-0.2, 0) is 14.8 Å². The SMILES string of the molecule is COc1ccc(S(=O)(=O)N(C)C)cc1NC(=O)CSc1nc2c(Cl)cc(Cl)cc2[nH]1. The van der Waals surface area contributed by atoms with Gasteiger partial charge in [0.15, 0.2) is 5.16 Å². The van der Waals surface area contributed by atoms with E-state index in [9.17, 15) is 13.2 Å². The molecular formula is C18H18Cl2N4O4S2. The molecule has 0 spiro atoms. The van der Waals surface area contributed by atoms with Crippen molar-refractivity contribution in [1.29, 1.82) is 0 Å². The molecule has 0 unspecified atom stereocenters. The Morgan fingerprint density at radius 2 is 2.00 bits per heavy atom. The van der Waals surface area contributed by atoms with Crippen LogP contribution >= 0.6 is 35.0 Å². The van der Waals surface area contributed by atoms with E-state index in [0.717, 1.165) is 4.31 Å². The highest BCUT2D eigenvalue weighted by atomic mass is 35.5. The highest BCUT2D eigenvalue weighted by Gasteiger charge is 2.20. The van der Waals surface area contributed by atoms with Gasteiger partial charge in [-0.25, -0.2) is 17.7 Å². The van der Waals surface area contributed by atoms with E-state index >= 15 is 0 Å². The van der Waals surface area contributed by atoms with Gasteiger partial charge in [0.05, 0.1) is 34.0 Å². The van der Waals surface area contributed by atoms with Gasteiger partial charge in [-0.3, -0.25) is 4.79 Å². The first-order valence-electron chi connectivity index (χ1n) is 8.50. The Hall–Kier alpha value is -1.98. The molecule has 8 nitrogen and oxygen atoms in total. The summed E-state index contributed by atoms with van der Waals surface area (Å²) in [6.07, 6.45) is 0. The minimum atomic E-state index is -3.65. The number of carbonyl (C=O) groups excluding carboxylic acids is 1. The molecule has 1 heterocycles. The molecule has 1 amide bonds.